The number of nitrogens with one attached hydrogen (secondary N) is 1. The van der Waals surface area contributed by atoms with Crippen LogP contribution in [0.25, 0.3) is 0 Å². The van der Waals surface area contributed by atoms with E-state index in [9.17, 15) is 0 Å². The molecule has 0 fully saturated rings. The Hall–Kier alpha value is -0.530. The molecule has 2 heteroatoms. The topological polar surface area (TPSA) is 12.0 Å². The standard InChI is InChI=1S/C10H14ClN/c1-7-4-8(2)9(6-12-3)10(11)5-7/h4-5,12H,6H2,1-3H3. The van der Waals surface area contributed by atoms with Crippen LogP contribution in [0.5, 0.6) is 0 Å². The van der Waals surface area contributed by atoms with Gasteiger partial charge in [-0.05, 0) is 43.7 Å². The molecule has 1 aromatic rings. The highest BCUT2D eigenvalue weighted by atomic mass is 35.5. The van der Waals surface area contributed by atoms with E-state index < -0.39 is 0 Å². The van der Waals surface area contributed by atoms with E-state index in [4.69, 9.17) is 11.6 Å². The molecule has 66 valence electrons. The Labute approximate surface area is 78.7 Å². The lowest BCUT2D eigenvalue weighted by atomic mass is 10.1. The van der Waals surface area contributed by atoms with E-state index in [-0.39, 0.29) is 0 Å². The third-order valence-electron chi connectivity index (χ3n) is 1.92. The summed E-state index contributed by atoms with van der Waals surface area (Å²) in [5.74, 6) is 0. The number of aryl methyl sites for hydroxylation is 2. The molecule has 0 aliphatic rings. The molecule has 0 spiro atoms. The molecule has 1 aromatic carbocycles. The van der Waals surface area contributed by atoms with E-state index in [1.807, 2.05) is 13.1 Å². The Morgan fingerprint density at radius 1 is 1.33 bits per heavy atom. The van der Waals surface area contributed by atoms with Crippen molar-refractivity contribution in [2.24, 2.45) is 0 Å². The van der Waals surface area contributed by atoms with Gasteiger partial charge in [-0.3, -0.25) is 0 Å². The first-order valence-corrected chi connectivity index (χ1v) is 4.43. The quantitative estimate of drug-likeness (QED) is 0.744. The summed E-state index contributed by atoms with van der Waals surface area (Å²) in [6.45, 7) is 4.98. The third kappa shape index (κ3) is 1.99. The van der Waals surface area contributed by atoms with Gasteiger partial charge in [-0.25, -0.2) is 0 Å². The minimum absolute atomic E-state index is 0.838. The first-order chi connectivity index (χ1) is 5.65. The van der Waals surface area contributed by atoms with Crippen LogP contribution >= 0.6 is 11.6 Å². The summed E-state index contributed by atoms with van der Waals surface area (Å²) < 4.78 is 0. The maximum atomic E-state index is 6.07. The van der Waals surface area contributed by atoms with Gasteiger partial charge in [0.15, 0.2) is 0 Å². The van der Waals surface area contributed by atoms with Crippen molar-refractivity contribution in [3.8, 4) is 0 Å². The van der Waals surface area contributed by atoms with Gasteiger partial charge in [-0.2, -0.15) is 0 Å². The van der Waals surface area contributed by atoms with Gasteiger partial charge < -0.3 is 5.32 Å². The van der Waals surface area contributed by atoms with Crippen LogP contribution in [0.4, 0.5) is 0 Å². The summed E-state index contributed by atoms with van der Waals surface area (Å²) in [7, 11) is 1.93. The summed E-state index contributed by atoms with van der Waals surface area (Å²) in [6.07, 6.45) is 0. The van der Waals surface area contributed by atoms with Crippen molar-refractivity contribution in [2.75, 3.05) is 7.05 Å². The van der Waals surface area contributed by atoms with Crippen LogP contribution in [0.3, 0.4) is 0 Å². The molecule has 1 rings (SSSR count). The van der Waals surface area contributed by atoms with Crippen molar-refractivity contribution in [3.63, 3.8) is 0 Å². The number of benzene rings is 1. The van der Waals surface area contributed by atoms with Crippen LogP contribution in [0.2, 0.25) is 5.02 Å². The lowest BCUT2D eigenvalue weighted by Gasteiger charge is -2.08. The van der Waals surface area contributed by atoms with Crippen molar-refractivity contribution in [2.45, 2.75) is 20.4 Å². The van der Waals surface area contributed by atoms with Gasteiger partial charge in [0, 0.05) is 11.6 Å². The van der Waals surface area contributed by atoms with Gasteiger partial charge in [-0.15, -0.1) is 0 Å². The molecule has 0 bridgehead atoms. The highest BCUT2D eigenvalue weighted by Crippen LogP contribution is 2.21. The molecule has 0 aromatic heterocycles. The van der Waals surface area contributed by atoms with Crippen molar-refractivity contribution in [1.29, 1.82) is 0 Å². The lowest BCUT2D eigenvalue weighted by molar-refractivity contribution is 0.812. The van der Waals surface area contributed by atoms with Gasteiger partial charge >= 0.3 is 0 Å². The molecule has 0 saturated heterocycles. The van der Waals surface area contributed by atoms with Crippen molar-refractivity contribution >= 4 is 11.6 Å². The fourth-order valence-corrected chi connectivity index (χ4v) is 1.73. The van der Waals surface area contributed by atoms with Crippen molar-refractivity contribution in [3.05, 3.63) is 33.8 Å². The van der Waals surface area contributed by atoms with Gasteiger partial charge in [0.25, 0.3) is 0 Å². The molecule has 0 aliphatic heterocycles. The number of rotatable bonds is 2. The predicted octanol–water partition coefficient (Wildman–Crippen LogP) is 2.68. The first-order valence-electron chi connectivity index (χ1n) is 4.05. The SMILES string of the molecule is CNCc1c(C)cc(C)cc1Cl. The number of hydrogen-bond donors (Lipinski definition) is 1. The molecule has 0 aliphatic carbocycles. The highest BCUT2D eigenvalue weighted by Gasteiger charge is 2.03. The average molecular weight is 184 g/mol. The van der Waals surface area contributed by atoms with E-state index in [2.05, 4.69) is 25.2 Å². The van der Waals surface area contributed by atoms with Crippen LogP contribution in [-0.2, 0) is 6.54 Å². The molecule has 12 heavy (non-hydrogen) atoms. The van der Waals surface area contributed by atoms with Crippen LogP contribution in [0, 0.1) is 13.8 Å². The summed E-state index contributed by atoms with van der Waals surface area (Å²) in [6, 6.07) is 4.15. The maximum absolute atomic E-state index is 6.07. The molecule has 0 amide bonds. The Kier molecular flexibility index (Phi) is 3.12. The Morgan fingerprint density at radius 3 is 2.50 bits per heavy atom. The molecule has 0 atom stereocenters. The first kappa shape index (κ1) is 9.56. The molecule has 0 radical (unpaired) electrons. The lowest BCUT2D eigenvalue weighted by Crippen LogP contribution is -2.07. The largest absolute Gasteiger partial charge is 0.316 e. The van der Waals surface area contributed by atoms with Gasteiger partial charge in [0.05, 0.1) is 0 Å². The van der Waals surface area contributed by atoms with Crippen LogP contribution in [-0.4, -0.2) is 7.05 Å². The van der Waals surface area contributed by atoms with Gasteiger partial charge in [-0.1, -0.05) is 17.7 Å². The normalized spacial score (nSPS) is 10.3. The van der Waals surface area contributed by atoms with Crippen LogP contribution in [0.15, 0.2) is 12.1 Å². The Morgan fingerprint density at radius 2 is 2.00 bits per heavy atom. The van der Waals surface area contributed by atoms with E-state index in [1.54, 1.807) is 0 Å². The Balaban J connectivity index is 3.10. The molecule has 1 N–H and O–H groups in total. The van der Waals surface area contributed by atoms with Crippen LogP contribution in [0.1, 0.15) is 16.7 Å². The second-order valence-electron chi connectivity index (χ2n) is 3.07. The van der Waals surface area contributed by atoms with E-state index >= 15 is 0 Å². The van der Waals surface area contributed by atoms with Gasteiger partial charge in [0.1, 0.15) is 0 Å². The fraction of sp³-hybridized carbons (Fsp3) is 0.400. The maximum Gasteiger partial charge on any atom is 0.0456 e. The molecule has 0 unspecified atom stereocenters. The minimum atomic E-state index is 0.838. The summed E-state index contributed by atoms with van der Waals surface area (Å²) >= 11 is 6.07. The zero-order valence-electron chi connectivity index (χ0n) is 7.74. The van der Waals surface area contributed by atoms with E-state index in [0.717, 1.165) is 11.6 Å². The summed E-state index contributed by atoms with van der Waals surface area (Å²) in [5, 5.41) is 3.96. The number of halogens is 1. The molecule has 1 nitrogen and oxygen atoms in total. The Bertz CT molecular complexity index is 258. The van der Waals surface area contributed by atoms with E-state index in [1.165, 1.54) is 16.7 Å². The smallest absolute Gasteiger partial charge is 0.0456 e. The monoisotopic (exact) mass is 183 g/mol. The molecule has 0 saturated carbocycles. The third-order valence-corrected chi connectivity index (χ3v) is 2.25. The average Bonchev–Trinajstić information content (AvgIpc) is 1.96. The second-order valence-corrected chi connectivity index (χ2v) is 3.48. The summed E-state index contributed by atoms with van der Waals surface area (Å²) in [4.78, 5) is 0. The second kappa shape index (κ2) is 3.92. The highest BCUT2D eigenvalue weighted by molar-refractivity contribution is 6.31. The molecular formula is C10H14ClN. The van der Waals surface area contributed by atoms with Gasteiger partial charge in [0.2, 0.25) is 0 Å². The van der Waals surface area contributed by atoms with Crippen molar-refractivity contribution < 1.29 is 0 Å². The van der Waals surface area contributed by atoms with E-state index in [0.29, 0.717) is 0 Å². The molecular weight excluding hydrogens is 170 g/mol. The fourth-order valence-electron chi connectivity index (χ4n) is 1.35. The number of hydrogen-bond acceptors (Lipinski definition) is 1. The van der Waals surface area contributed by atoms with Crippen molar-refractivity contribution in [1.82, 2.24) is 5.32 Å². The molecule has 0 heterocycles. The van der Waals surface area contributed by atoms with Crippen LogP contribution < -0.4 is 5.32 Å². The predicted molar refractivity (Wildman–Crippen MR) is 53.7 cm³/mol. The summed E-state index contributed by atoms with van der Waals surface area (Å²) in [5.41, 5.74) is 3.68. The minimum Gasteiger partial charge on any atom is -0.316 e. The zero-order chi connectivity index (χ0) is 9.14. The zero-order valence-corrected chi connectivity index (χ0v) is 8.50.